The van der Waals surface area contributed by atoms with E-state index in [1.807, 2.05) is 44.9 Å². The molecule has 0 fully saturated rings. The predicted molar refractivity (Wildman–Crippen MR) is 88.8 cm³/mol. The van der Waals surface area contributed by atoms with E-state index in [0.717, 1.165) is 41.6 Å². The highest BCUT2D eigenvalue weighted by atomic mass is 19.1. The molecule has 2 aromatic rings. The van der Waals surface area contributed by atoms with Crippen LogP contribution in [0.3, 0.4) is 0 Å². The highest BCUT2D eigenvalue weighted by molar-refractivity contribution is 5.64. The Morgan fingerprint density at radius 1 is 1.04 bits per heavy atom. The van der Waals surface area contributed by atoms with E-state index in [1.165, 1.54) is 0 Å². The van der Waals surface area contributed by atoms with Crippen LogP contribution in [-0.2, 0) is 0 Å². The van der Waals surface area contributed by atoms with E-state index in [9.17, 15) is 8.78 Å². The summed E-state index contributed by atoms with van der Waals surface area (Å²) in [4.78, 5) is 6.41. The molecule has 23 heavy (non-hydrogen) atoms. The molecule has 0 aliphatic rings. The monoisotopic (exact) mass is 318 g/mol. The minimum atomic E-state index is -0.668. The van der Waals surface area contributed by atoms with Crippen molar-refractivity contribution < 1.29 is 13.5 Å². The SMILES string of the molecule is CCN(C)/C=N/c1cc(C)c(Oc2cc(F)cc(F)c2)cc1C. The van der Waals surface area contributed by atoms with Crippen molar-refractivity contribution in [1.82, 2.24) is 4.90 Å². The zero-order valence-electron chi connectivity index (χ0n) is 13.7. The quantitative estimate of drug-likeness (QED) is 0.573. The molecular weight excluding hydrogens is 298 g/mol. The molecule has 0 spiro atoms. The number of hydrogen-bond acceptors (Lipinski definition) is 2. The van der Waals surface area contributed by atoms with E-state index in [2.05, 4.69) is 4.99 Å². The molecule has 3 nitrogen and oxygen atoms in total. The van der Waals surface area contributed by atoms with E-state index in [4.69, 9.17) is 4.74 Å². The normalized spacial score (nSPS) is 11.0. The van der Waals surface area contributed by atoms with Crippen LogP contribution in [0.25, 0.3) is 0 Å². The molecule has 0 amide bonds. The maximum atomic E-state index is 13.2. The van der Waals surface area contributed by atoms with E-state index in [1.54, 1.807) is 6.34 Å². The highest BCUT2D eigenvalue weighted by Gasteiger charge is 2.08. The first kappa shape index (κ1) is 16.9. The van der Waals surface area contributed by atoms with Gasteiger partial charge in [0.15, 0.2) is 0 Å². The summed E-state index contributed by atoms with van der Waals surface area (Å²) in [5.41, 5.74) is 2.59. The summed E-state index contributed by atoms with van der Waals surface area (Å²) < 4.78 is 32.1. The fourth-order valence-corrected chi connectivity index (χ4v) is 1.98. The predicted octanol–water partition coefficient (Wildman–Crippen LogP) is 4.99. The number of ether oxygens (including phenoxy) is 1. The summed E-state index contributed by atoms with van der Waals surface area (Å²) in [7, 11) is 1.95. The maximum absolute atomic E-state index is 13.2. The second-order valence-electron chi connectivity index (χ2n) is 5.43. The maximum Gasteiger partial charge on any atom is 0.133 e. The van der Waals surface area contributed by atoms with Crippen LogP contribution in [0.5, 0.6) is 11.5 Å². The van der Waals surface area contributed by atoms with Crippen LogP contribution in [0.2, 0.25) is 0 Å². The van der Waals surface area contributed by atoms with Crippen molar-refractivity contribution in [2.45, 2.75) is 20.8 Å². The molecule has 0 N–H and O–H groups in total. The minimum Gasteiger partial charge on any atom is -0.457 e. The Morgan fingerprint density at radius 2 is 1.70 bits per heavy atom. The molecule has 0 atom stereocenters. The molecule has 0 saturated carbocycles. The first-order valence-corrected chi connectivity index (χ1v) is 7.38. The summed E-state index contributed by atoms with van der Waals surface area (Å²) in [5, 5.41) is 0. The third-order valence-electron chi connectivity index (χ3n) is 3.45. The van der Waals surface area contributed by atoms with Crippen molar-refractivity contribution in [1.29, 1.82) is 0 Å². The van der Waals surface area contributed by atoms with Gasteiger partial charge in [-0.1, -0.05) is 0 Å². The molecule has 0 saturated heterocycles. The van der Waals surface area contributed by atoms with Crippen molar-refractivity contribution >= 4 is 12.0 Å². The molecule has 0 unspecified atom stereocenters. The summed E-state index contributed by atoms with van der Waals surface area (Å²) in [5.74, 6) is -0.654. The number of nitrogens with zero attached hydrogens (tertiary/aromatic N) is 2. The molecule has 0 bridgehead atoms. The van der Waals surface area contributed by atoms with Crippen LogP contribution < -0.4 is 4.74 Å². The van der Waals surface area contributed by atoms with Gasteiger partial charge in [-0.05, 0) is 44.0 Å². The Balaban J connectivity index is 2.27. The highest BCUT2D eigenvalue weighted by Crippen LogP contribution is 2.32. The number of benzene rings is 2. The third-order valence-corrected chi connectivity index (χ3v) is 3.45. The van der Waals surface area contributed by atoms with Gasteiger partial charge in [0.05, 0.1) is 12.0 Å². The summed E-state index contributed by atoms with van der Waals surface area (Å²) in [6.07, 6.45) is 1.77. The van der Waals surface area contributed by atoms with Crippen LogP contribution in [0.4, 0.5) is 14.5 Å². The van der Waals surface area contributed by atoms with E-state index in [-0.39, 0.29) is 5.75 Å². The molecular formula is C18H20F2N2O. The van der Waals surface area contributed by atoms with Crippen molar-refractivity contribution in [3.63, 3.8) is 0 Å². The van der Waals surface area contributed by atoms with Crippen LogP contribution in [0.15, 0.2) is 35.3 Å². The van der Waals surface area contributed by atoms with Crippen molar-refractivity contribution in [3.8, 4) is 11.5 Å². The lowest BCUT2D eigenvalue weighted by Crippen LogP contribution is -2.14. The van der Waals surface area contributed by atoms with Gasteiger partial charge in [0.1, 0.15) is 23.1 Å². The minimum absolute atomic E-state index is 0.131. The van der Waals surface area contributed by atoms with Gasteiger partial charge in [0.2, 0.25) is 0 Å². The van der Waals surface area contributed by atoms with Crippen molar-refractivity contribution in [2.24, 2.45) is 4.99 Å². The second kappa shape index (κ2) is 7.22. The molecule has 0 aliphatic carbocycles. The Morgan fingerprint density at radius 3 is 2.30 bits per heavy atom. The number of hydrogen-bond donors (Lipinski definition) is 0. The number of aliphatic imine (C=N–C) groups is 1. The van der Waals surface area contributed by atoms with Crippen LogP contribution in [0.1, 0.15) is 18.1 Å². The Bertz CT molecular complexity index is 709. The Kier molecular flexibility index (Phi) is 5.32. The van der Waals surface area contributed by atoms with E-state index in [0.29, 0.717) is 5.75 Å². The first-order chi connectivity index (χ1) is 10.9. The molecule has 5 heteroatoms. The number of halogens is 2. The average molecular weight is 318 g/mol. The van der Waals surface area contributed by atoms with E-state index < -0.39 is 11.6 Å². The van der Waals surface area contributed by atoms with Crippen LogP contribution >= 0.6 is 0 Å². The fourth-order valence-electron chi connectivity index (χ4n) is 1.98. The lowest BCUT2D eigenvalue weighted by molar-refractivity contribution is 0.465. The first-order valence-electron chi connectivity index (χ1n) is 7.38. The summed E-state index contributed by atoms with van der Waals surface area (Å²) in [6, 6.07) is 6.82. The van der Waals surface area contributed by atoms with Gasteiger partial charge in [0, 0.05) is 31.8 Å². The van der Waals surface area contributed by atoms with Gasteiger partial charge in [-0.15, -0.1) is 0 Å². The third kappa shape index (κ3) is 4.52. The summed E-state index contributed by atoms with van der Waals surface area (Å²) >= 11 is 0. The molecule has 0 aliphatic heterocycles. The Hall–Kier alpha value is -2.43. The van der Waals surface area contributed by atoms with Gasteiger partial charge in [-0.25, -0.2) is 13.8 Å². The molecule has 0 radical (unpaired) electrons. The summed E-state index contributed by atoms with van der Waals surface area (Å²) in [6.45, 7) is 6.69. The van der Waals surface area contributed by atoms with Crippen molar-refractivity contribution in [3.05, 3.63) is 53.1 Å². The zero-order chi connectivity index (χ0) is 17.0. The van der Waals surface area contributed by atoms with E-state index >= 15 is 0 Å². The van der Waals surface area contributed by atoms with Gasteiger partial charge >= 0.3 is 0 Å². The lowest BCUT2D eigenvalue weighted by Gasteiger charge is -2.13. The van der Waals surface area contributed by atoms with Gasteiger partial charge in [-0.2, -0.15) is 0 Å². The molecule has 0 heterocycles. The number of rotatable bonds is 5. The molecule has 2 aromatic carbocycles. The zero-order valence-corrected chi connectivity index (χ0v) is 13.7. The smallest absolute Gasteiger partial charge is 0.133 e. The van der Waals surface area contributed by atoms with Gasteiger partial charge in [0.25, 0.3) is 0 Å². The molecule has 0 aromatic heterocycles. The van der Waals surface area contributed by atoms with Crippen LogP contribution in [-0.4, -0.2) is 24.8 Å². The number of aryl methyl sites for hydroxylation is 2. The van der Waals surface area contributed by atoms with Crippen molar-refractivity contribution in [2.75, 3.05) is 13.6 Å². The standard InChI is InChI=1S/C18H20F2N2O/c1-5-22(4)11-21-17-6-13(3)18(7-12(17)2)23-16-9-14(19)8-15(20)10-16/h6-11H,5H2,1-4H3/b21-11+. The van der Waals surface area contributed by atoms with Crippen LogP contribution in [0, 0.1) is 25.5 Å². The Labute approximate surface area is 135 Å². The lowest BCUT2D eigenvalue weighted by atomic mass is 10.1. The van der Waals surface area contributed by atoms with Gasteiger partial charge < -0.3 is 9.64 Å². The fraction of sp³-hybridized carbons (Fsp3) is 0.278. The average Bonchev–Trinajstić information content (AvgIpc) is 2.47. The van der Waals surface area contributed by atoms with Gasteiger partial charge in [-0.3, -0.25) is 0 Å². The molecule has 122 valence electrons. The molecule has 2 rings (SSSR count). The second-order valence-corrected chi connectivity index (χ2v) is 5.43. The largest absolute Gasteiger partial charge is 0.457 e. The topological polar surface area (TPSA) is 24.8 Å².